The molecule has 5 nitrogen and oxygen atoms in total. The summed E-state index contributed by atoms with van der Waals surface area (Å²) in [5.41, 5.74) is 4.81. The molecule has 1 amide bonds. The number of hydrogen-bond donors (Lipinski definition) is 1. The number of hydrogen-bond acceptors (Lipinski definition) is 3. The molecule has 1 aromatic carbocycles. The van der Waals surface area contributed by atoms with Crippen LogP contribution in [-0.2, 0) is 30.8 Å². The Hall–Kier alpha value is -2.14. The van der Waals surface area contributed by atoms with Crippen LogP contribution in [0.4, 0.5) is 0 Å². The summed E-state index contributed by atoms with van der Waals surface area (Å²) in [5.74, 6) is 0.134. The molecule has 3 aliphatic rings. The third kappa shape index (κ3) is 3.48. The van der Waals surface area contributed by atoms with Crippen molar-refractivity contribution in [3.63, 3.8) is 0 Å². The van der Waals surface area contributed by atoms with Gasteiger partial charge in [0.25, 0.3) is 0 Å². The lowest BCUT2D eigenvalue weighted by molar-refractivity contribution is -0.122. The van der Waals surface area contributed by atoms with Gasteiger partial charge < -0.3 is 5.32 Å². The molecule has 0 radical (unpaired) electrons. The van der Waals surface area contributed by atoms with Gasteiger partial charge >= 0.3 is 0 Å². The average molecular weight is 379 g/mol. The average Bonchev–Trinajstić information content (AvgIpc) is 3.36. The molecule has 1 N–H and O–H groups in total. The predicted octanol–water partition coefficient (Wildman–Crippen LogP) is 3.38. The number of aromatic nitrogens is 2. The van der Waals surface area contributed by atoms with Gasteiger partial charge in [-0.1, -0.05) is 43.5 Å². The fourth-order valence-corrected chi connectivity index (χ4v) is 5.32. The van der Waals surface area contributed by atoms with Crippen LogP contribution in [0.1, 0.15) is 67.0 Å². The van der Waals surface area contributed by atoms with E-state index in [0.717, 1.165) is 44.2 Å². The molecule has 1 fully saturated rings. The summed E-state index contributed by atoms with van der Waals surface area (Å²) in [6, 6.07) is 11.3. The van der Waals surface area contributed by atoms with E-state index in [-0.39, 0.29) is 11.8 Å². The second-order valence-corrected chi connectivity index (χ2v) is 8.62. The Balaban J connectivity index is 1.20. The first-order chi connectivity index (χ1) is 13.8. The van der Waals surface area contributed by atoms with Gasteiger partial charge in [-0.05, 0) is 42.9 Å². The van der Waals surface area contributed by atoms with E-state index in [0.29, 0.717) is 6.54 Å². The Morgan fingerprint density at radius 2 is 1.96 bits per heavy atom. The summed E-state index contributed by atoms with van der Waals surface area (Å²) in [5, 5.41) is 7.89. The number of rotatable bonds is 4. The number of carbonyl (C=O) groups excluding carboxylic acids is 1. The molecule has 2 aliphatic carbocycles. The van der Waals surface area contributed by atoms with Crippen molar-refractivity contribution in [3.05, 3.63) is 52.8 Å². The molecular weight excluding hydrogens is 348 g/mol. The van der Waals surface area contributed by atoms with Crippen molar-refractivity contribution < 1.29 is 4.79 Å². The van der Waals surface area contributed by atoms with E-state index in [1.165, 1.54) is 48.9 Å². The lowest BCUT2D eigenvalue weighted by Crippen LogP contribution is -2.42. The van der Waals surface area contributed by atoms with Crippen molar-refractivity contribution in [2.45, 2.75) is 76.5 Å². The molecule has 1 atom stereocenters. The van der Waals surface area contributed by atoms with Crippen molar-refractivity contribution in [1.29, 1.82) is 0 Å². The monoisotopic (exact) mass is 378 g/mol. The van der Waals surface area contributed by atoms with E-state index in [4.69, 9.17) is 5.10 Å². The molecular formula is C23H30N4O. The molecule has 148 valence electrons. The van der Waals surface area contributed by atoms with Crippen LogP contribution >= 0.6 is 0 Å². The Labute approximate surface area is 167 Å². The van der Waals surface area contributed by atoms with Gasteiger partial charge in [0.15, 0.2) is 0 Å². The number of benzene rings is 1. The largest absolute Gasteiger partial charge is 0.350 e. The Bertz CT molecular complexity index is 852. The highest BCUT2D eigenvalue weighted by molar-refractivity contribution is 5.84. The highest BCUT2D eigenvalue weighted by Crippen LogP contribution is 2.33. The number of carbonyl (C=O) groups is 1. The molecule has 0 spiro atoms. The first-order valence-electron chi connectivity index (χ1n) is 10.9. The van der Waals surface area contributed by atoms with E-state index in [1.54, 1.807) is 0 Å². The lowest BCUT2D eigenvalue weighted by atomic mass is 9.94. The van der Waals surface area contributed by atoms with Crippen molar-refractivity contribution in [1.82, 2.24) is 20.0 Å². The number of amides is 1. The van der Waals surface area contributed by atoms with Crippen LogP contribution < -0.4 is 5.32 Å². The minimum absolute atomic E-state index is 0.00441. The van der Waals surface area contributed by atoms with Gasteiger partial charge in [0.2, 0.25) is 5.91 Å². The molecule has 5 heteroatoms. The van der Waals surface area contributed by atoms with Crippen LogP contribution in [0.15, 0.2) is 30.3 Å². The van der Waals surface area contributed by atoms with Gasteiger partial charge in [0, 0.05) is 19.1 Å². The minimum atomic E-state index is -0.00441. The summed E-state index contributed by atoms with van der Waals surface area (Å²) >= 11 is 0. The molecule has 0 bridgehead atoms. The molecule has 0 unspecified atom stereocenters. The van der Waals surface area contributed by atoms with E-state index in [2.05, 4.69) is 39.2 Å². The van der Waals surface area contributed by atoms with Crippen LogP contribution in [0.5, 0.6) is 0 Å². The zero-order valence-electron chi connectivity index (χ0n) is 16.6. The van der Waals surface area contributed by atoms with Gasteiger partial charge in [-0.15, -0.1) is 0 Å². The lowest BCUT2D eigenvalue weighted by Gasteiger charge is -2.36. The molecule has 5 rings (SSSR count). The van der Waals surface area contributed by atoms with E-state index >= 15 is 0 Å². The van der Waals surface area contributed by atoms with Crippen LogP contribution in [0.25, 0.3) is 0 Å². The number of aryl methyl sites for hydroxylation is 1. The normalized spacial score (nSPS) is 22.6. The molecule has 2 heterocycles. The smallest absolute Gasteiger partial charge is 0.227 e. The van der Waals surface area contributed by atoms with Gasteiger partial charge in [-0.2, -0.15) is 5.10 Å². The topological polar surface area (TPSA) is 50.2 Å². The molecule has 1 aliphatic heterocycles. The van der Waals surface area contributed by atoms with Crippen molar-refractivity contribution in [2.24, 2.45) is 0 Å². The minimum Gasteiger partial charge on any atom is -0.350 e. The number of fused-ring (bicyclic) bond motifs is 2. The fraction of sp³-hybridized carbons (Fsp3) is 0.565. The van der Waals surface area contributed by atoms with Crippen LogP contribution in [-0.4, -0.2) is 33.2 Å². The maximum absolute atomic E-state index is 12.7. The van der Waals surface area contributed by atoms with Crippen molar-refractivity contribution >= 4 is 5.91 Å². The second-order valence-electron chi connectivity index (χ2n) is 8.62. The quantitative estimate of drug-likeness (QED) is 0.887. The Morgan fingerprint density at radius 3 is 2.86 bits per heavy atom. The second kappa shape index (κ2) is 7.70. The van der Waals surface area contributed by atoms with Crippen LogP contribution in [0, 0.1) is 0 Å². The zero-order valence-corrected chi connectivity index (χ0v) is 16.6. The standard InChI is InChI=1S/C23H30N4O/c28-23(22-11-10-17-6-4-5-9-21(17)22)24-15-18-14-20-16-26(12-13-27(20)25-18)19-7-2-1-3-8-19/h4-6,9,14,19,22H,1-3,7-8,10-13,15-16H2,(H,24,28)/t22-/m1/s1. The summed E-state index contributed by atoms with van der Waals surface area (Å²) < 4.78 is 2.14. The first kappa shape index (κ1) is 17.9. The molecule has 2 aromatic rings. The van der Waals surface area contributed by atoms with E-state index in [1.807, 2.05) is 6.07 Å². The molecule has 28 heavy (non-hydrogen) atoms. The first-order valence-corrected chi connectivity index (χ1v) is 10.9. The maximum Gasteiger partial charge on any atom is 0.227 e. The van der Waals surface area contributed by atoms with Crippen LogP contribution in [0.2, 0.25) is 0 Å². The van der Waals surface area contributed by atoms with Gasteiger partial charge in [0.05, 0.1) is 30.4 Å². The summed E-state index contributed by atoms with van der Waals surface area (Å²) in [6.45, 7) is 3.60. The van der Waals surface area contributed by atoms with Crippen molar-refractivity contribution in [3.8, 4) is 0 Å². The number of nitrogens with zero attached hydrogens (tertiary/aromatic N) is 3. The molecule has 0 saturated heterocycles. The third-order valence-corrected chi connectivity index (χ3v) is 6.86. The van der Waals surface area contributed by atoms with E-state index < -0.39 is 0 Å². The number of nitrogens with one attached hydrogen (secondary N) is 1. The van der Waals surface area contributed by atoms with Gasteiger partial charge in [-0.25, -0.2) is 0 Å². The van der Waals surface area contributed by atoms with Crippen LogP contribution in [0.3, 0.4) is 0 Å². The Morgan fingerprint density at radius 1 is 1.11 bits per heavy atom. The fourth-order valence-electron chi connectivity index (χ4n) is 5.32. The van der Waals surface area contributed by atoms with Crippen molar-refractivity contribution in [2.75, 3.05) is 6.54 Å². The summed E-state index contributed by atoms with van der Waals surface area (Å²) in [6.07, 6.45) is 8.77. The maximum atomic E-state index is 12.7. The molecule has 1 saturated carbocycles. The molecule has 1 aromatic heterocycles. The van der Waals surface area contributed by atoms with Gasteiger partial charge in [-0.3, -0.25) is 14.4 Å². The SMILES string of the molecule is O=C(NCc1cc2n(n1)CCN(C1CCCCC1)C2)[C@@H]1CCc2ccccc21. The van der Waals surface area contributed by atoms with Gasteiger partial charge in [0.1, 0.15) is 0 Å². The zero-order chi connectivity index (χ0) is 18.9. The third-order valence-electron chi connectivity index (χ3n) is 6.86. The summed E-state index contributed by atoms with van der Waals surface area (Å²) in [4.78, 5) is 15.4. The highest BCUT2D eigenvalue weighted by atomic mass is 16.1. The predicted molar refractivity (Wildman–Crippen MR) is 109 cm³/mol. The summed E-state index contributed by atoms with van der Waals surface area (Å²) in [7, 11) is 0. The Kier molecular flexibility index (Phi) is 4.93. The highest BCUT2D eigenvalue weighted by Gasteiger charge is 2.29. The van der Waals surface area contributed by atoms with E-state index in [9.17, 15) is 4.79 Å².